The highest BCUT2D eigenvalue weighted by atomic mass is 16.5. The molecule has 0 spiro atoms. The monoisotopic (exact) mass is 288 g/mol. The molecule has 114 valence electrons. The first-order valence-corrected chi connectivity index (χ1v) is 7.23. The van der Waals surface area contributed by atoms with Crippen molar-refractivity contribution < 1.29 is 4.74 Å². The van der Waals surface area contributed by atoms with Crippen molar-refractivity contribution in [3.63, 3.8) is 0 Å². The Labute approximate surface area is 126 Å². The van der Waals surface area contributed by atoms with Gasteiger partial charge in [0.05, 0.1) is 11.3 Å². The zero-order chi connectivity index (χ0) is 15.3. The summed E-state index contributed by atoms with van der Waals surface area (Å²) in [7, 11) is 1.76. The number of hydrogen-bond acceptors (Lipinski definition) is 4. The van der Waals surface area contributed by atoms with Crippen molar-refractivity contribution in [3.8, 4) is 5.69 Å². The van der Waals surface area contributed by atoms with Gasteiger partial charge in [0.2, 0.25) is 0 Å². The van der Waals surface area contributed by atoms with Gasteiger partial charge in [0.1, 0.15) is 12.7 Å². The standard InChI is InChI=1S/C16H24N4O/c1-13(9-16(2,3)21-4)18-10-14-5-7-15(8-6-14)20-12-17-11-19-20/h5-8,11-13,18H,9-10H2,1-4H3/t13-/m1/s1. The van der Waals surface area contributed by atoms with E-state index in [9.17, 15) is 0 Å². The van der Waals surface area contributed by atoms with Crippen LogP contribution >= 0.6 is 0 Å². The van der Waals surface area contributed by atoms with E-state index in [0.29, 0.717) is 6.04 Å². The molecule has 0 amide bonds. The minimum Gasteiger partial charge on any atom is -0.379 e. The number of nitrogens with one attached hydrogen (secondary N) is 1. The van der Waals surface area contributed by atoms with E-state index in [0.717, 1.165) is 18.7 Å². The fourth-order valence-corrected chi connectivity index (χ4v) is 2.29. The lowest BCUT2D eigenvalue weighted by Gasteiger charge is -2.27. The van der Waals surface area contributed by atoms with Crippen LogP contribution < -0.4 is 5.32 Å². The van der Waals surface area contributed by atoms with Gasteiger partial charge in [-0.3, -0.25) is 0 Å². The molecule has 1 aromatic heterocycles. The number of rotatable bonds is 7. The topological polar surface area (TPSA) is 52.0 Å². The summed E-state index contributed by atoms with van der Waals surface area (Å²) < 4.78 is 7.21. The van der Waals surface area contributed by atoms with Crippen molar-refractivity contribution in [2.75, 3.05) is 7.11 Å². The number of ether oxygens (including phenoxy) is 1. The maximum absolute atomic E-state index is 5.46. The molecule has 5 heteroatoms. The molecule has 1 N–H and O–H groups in total. The largest absolute Gasteiger partial charge is 0.379 e. The first-order chi connectivity index (χ1) is 10.00. The first kappa shape index (κ1) is 15.7. The Bertz CT molecular complexity index is 534. The summed E-state index contributed by atoms with van der Waals surface area (Å²) in [5.74, 6) is 0. The van der Waals surface area contributed by atoms with Crippen molar-refractivity contribution in [2.45, 2.75) is 45.4 Å². The highest BCUT2D eigenvalue weighted by Crippen LogP contribution is 2.16. The van der Waals surface area contributed by atoms with E-state index >= 15 is 0 Å². The van der Waals surface area contributed by atoms with Crippen LogP contribution in [0.2, 0.25) is 0 Å². The van der Waals surface area contributed by atoms with Gasteiger partial charge in [-0.05, 0) is 44.9 Å². The molecular formula is C16H24N4O. The van der Waals surface area contributed by atoms with Crippen LogP contribution in [-0.2, 0) is 11.3 Å². The van der Waals surface area contributed by atoms with Crippen LogP contribution in [-0.4, -0.2) is 33.5 Å². The SMILES string of the molecule is COC(C)(C)C[C@@H](C)NCc1ccc(-n2cncn2)cc1. The van der Waals surface area contributed by atoms with Gasteiger partial charge in [0.25, 0.3) is 0 Å². The van der Waals surface area contributed by atoms with E-state index in [4.69, 9.17) is 4.74 Å². The third-order valence-corrected chi connectivity index (χ3v) is 3.62. The van der Waals surface area contributed by atoms with E-state index in [1.165, 1.54) is 11.9 Å². The molecule has 0 bridgehead atoms. The molecule has 0 unspecified atom stereocenters. The lowest BCUT2D eigenvalue weighted by molar-refractivity contribution is 0.00844. The normalized spacial score (nSPS) is 13.3. The smallest absolute Gasteiger partial charge is 0.138 e. The van der Waals surface area contributed by atoms with Crippen LogP contribution in [0.4, 0.5) is 0 Å². The maximum atomic E-state index is 5.46. The zero-order valence-electron chi connectivity index (χ0n) is 13.2. The molecule has 0 fully saturated rings. The van der Waals surface area contributed by atoms with Crippen LogP contribution in [0.1, 0.15) is 32.8 Å². The lowest BCUT2D eigenvalue weighted by atomic mass is 10.00. The number of nitrogens with zero attached hydrogens (tertiary/aromatic N) is 3. The minimum absolute atomic E-state index is 0.0939. The molecule has 1 heterocycles. The second kappa shape index (κ2) is 6.83. The number of benzene rings is 1. The molecule has 0 radical (unpaired) electrons. The van der Waals surface area contributed by atoms with Gasteiger partial charge in [-0.25, -0.2) is 9.67 Å². The van der Waals surface area contributed by atoms with Gasteiger partial charge in [0.15, 0.2) is 0 Å². The second-order valence-corrected chi connectivity index (χ2v) is 5.96. The molecule has 0 aliphatic rings. The molecule has 2 rings (SSSR count). The van der Waals surface area contributed by atoms with E-state index in [1.54, 1.807) is 18.1 Å². The van der Waals surface area contributed by atoms with Gasteiger partial charge in [0, 0.05) is 19.7 Å². The Kier molecular flexibility index (Phi) is 5.09. The predicted octanol–water partition coefficient (Wildman–Crippen LogP) is 2.56. The summed E-state index contributed by atoms with van der Waals surface area (Å²) >= 11 is 0. The van der Waals surface area contributed by atoms with E-state index in [-0.39, 0.29) is 5.60 Å². The minimum atomic E-state index is -0.0939. The second-order valence-electron chi connectivity index (χ2n) is 5.96. The van der Waals surface area contributed by atoms with Crippen LogP contribution in [0.25, 0.3) is 5.69 Å². The average Bonchev–Trinajstić information content (AvgIpc) is 2.99. The third-order valence-electron chi connectivity index (χ3n) is 3.62. The van der Waals surface area contributed by atoms with Gasteiger partial charge < -0.3 is 10.1 Å². The molecule has 2 aromatic rings. The maximum Gasteiger partial charge on any atom is 0.138 e. The molecule has 21 heavy (non-hydrogen) atoms. The van der Waals surface area contributed by atoms with E-state index in [1.807, 2.05) is 0 Å². The van der Waals surface area contributed by atoms with Gasteiger partial charge >= 0.3 is 0 Å². The summed E-state index contributed by atoms with van der Waals surface area (Å²) in [4.78, 5) is 3.95. The molecule has 5 nitrogen and oxygen atoms in total. The van der Waals surface area contributed by atoms with E-state index < -0.39 is 0 Å². The molecule has 1 atom stereocenters. The highest BCUT2D eigenvalue weighted by molar-refractivity contribution is 5.33. The average molecular weight is 288 g/mol. The summed E-state index contributed by atoms with van der Waals surface area (Å²) in [5, 5.41) is 7.64. The summed E-state index contributed by atoms with van der Waals surface area (Å²) in [6, 6.07) is 8.72. The van der Waals surface area contributed by atoms with Gasteiger partial charge in [-0.2, -0.15) is 5.10 Å². The third kappa shape index (κ3) is 4.65. The summed E-state index contributed by atoms with van der Waals surface area (Å²) in [6.07, 6.45) is 4.21. The quantitative estimate of drug-likeness (QED) is 0.850. The Morgan fingerprint density at radius 1 is 1.29 bits per heavy atom. The number of methoxy groups -OCH3 is 1. The Balaban J connectivity index is 1.86. The first-order valence-electron chi connectivity index (χ1n) is 7.23. The summed E-state index contributed by atoms with van der Waals surface area (Å²) in [6.45, 7) is 7.25. The number of aromatic nitrogens is 3. The molecule has 0 saturated heterocycles. The van der Waals surface area contributed by atoms with Crippen molar-refractivity contribution in [1.82, 2.24) is 20.1 Å². The molecule has 1 aromatic carbocycles. The van der Waals surface area contributed by atoms with Crippen molar-refractivity contribution in [2.24, 2.45) is 0 Å². The van der Waals surface area contributed by atoms with Gasteiger partial charge in [-0.1, -0.05) is 12.1 Å². The summed E-state index contributed by atoms with van der Waals surface area (Å²) in [5.41, 5.74) is 2.18. The van der Waals surface area contributed by atoms with E-state index in [2.05, 4.69) is 60.4 Å². The highest BCUT2D eigenvalue weighted by Gasteiger charge is 2.19. The Morgan fingerprint density at radius 3 is 2.57 bits per heavy atom. The fourth-order valence-electron chi connectivity index (χ4n) is 2.29. The predicted molar refractivity (Wildman–Crippen MR) is 83.4 cm³/mol. The molecular weight excluding hydrogens is 264 g/mol. The Morgan fingerprint density at radius 2 is 2.00 bits per heavy atom. The molecule has 0 aliphatic carbocycles. The van der Waals surface area contributed by atoms with Crippen LogP contribution in [0.5, 0.6) is 0 Å². The van der Waals surface area contributed by atoms with Crippen LogP contribution in [0.15, 0.2) is 36.9 Å². The molecule has 0 saturated carbocycles. The zero-order valence-corrected chi connectivity index (χ0v) is 13.2. The van der Waals surface area contributed by atoms with Crippen molar-refractivity contribution in [1.29, 1.82) is 0 Å². The lowest BCUT2D eigenvalue weighted by Crippen LogP contribution is -2.35. The fraction of sp³-hybridized carbons (Fsp3) is 0.500. The number of hydrogen-bond donors (Lipinski definition) is 1. The van der Waals surface area contributed by atoms with Crippen molar-refractivity contribution in [3.05, 3.63) is 42.5 Å². The van der Waals surface area contributed by atoms with Crippen LogP contribution in [0, 0.1) is 0 Å². The molecule has 0 aliphatic heterocycles. The van der Waals surface area contributed by atoms with Crippen molar-refractivity contribution >= 4 is 0 Å². The van der Waals surface area contributed by atoms with Crippen LogP contribution in [0.3, 0.4) is 0 Å². The Hall–Kier alpha value is -1.72. The van der Waals surface area contributed by atoms with Gasteiger partial charge in [-0.15, -0.1) is 0 Å².